The average Bonchev–Trinajstić information content (AvgIpc) is 2.21. The predicted octanol–water partition coefficient (Wildman–Crippen LogP) is 1.33. The molecule has 1 rings (SSSR count). The Balaban J connectivity index is 2.72. The van der Waals surface area contributed by atoms with Crippen LogP contribution in [0.2, 0.25) is 0 Å². The number of nitrogens with two attached hydrogens (primary N) is 1. The maximum Gasteiger partial charge on any atom is 0.123 e. The van der Waals surface area contributed by atoms with E-state index in [1.54, 1.807) is 12.1 Å². The third kappa shape index (κ3) is 2.79. The summed E-state index contributed by atoms with van der Waals surface area (Å²) in [6.07, 6.45) is 0.667. The molecule has 78 valence electrons. The summed E-state index contributed by atoms with van der Waals surface area (Å²) in [5.41, 5.74) is 6.25. The largest absolute Gasteiger partial charge is 0.396 e. The van der Waals surface area contributed by atoms with Crippen molar-refractivity contribution in [3.05, 3.63) is 35.6 Å². The van der Waals surface area contributed by atoms with Gasteiger partial charge >= 0.3 is 0 Å². The molecule has 0 radical (unpaired) electrons. The van der Waals surface area contributed by atoms with E-state index < -0.39 is 0 Å². The van der Waals surface area contributed by atoms with Crippen LogP contribution in [0, 0.1) is 11.2 Å². The Morgan fingerprint density at radius 3 is 2.36 bits per heavy atom. The van der Waals surface area contributed by atoms with Crippen molar-refractivity contribution in [3.63, 3.8) is 0 Å². The van der Waals surface area contributed by atoms with Crippen LogP contribution in [0.25, 0.3) is 0 Å². The Bertz CT molecular complexity index is 280. The summed E-state index contributed by atoms with van der Waals surface area (Å²) in [6, 6.07) is 6.28. The molecule has 0 aromatic heterocycles. The minimum Gasteiger partial charge on any atom is -0.396 e. The van der Waals surface area contributed by atoms with Gasteiger partial charge in [-0.1, -0.05) is 19.1 Å². The molecule has 0 aliphatic carbocycles. The highest BCUT2D eigenvalue weighted by Gasteiger charge is 2.21. The van der Waals surface area contributed by atoms with Crippen LogP contribution in [-0.4, -0.2) is 18.3 Å². The maximum absolute atomic E-state index is 12.6. The summed E-state index contributed by atoms with van der Waals surface area (Å²) in [5.74, 6) is -0.243. The van der Waals surface area contributed by atoms with Crippen LogP contribution < -0.4 is 5.73 Å². The van der Waals surface area contributed by atoms with Gasteiger partial charge in [0.25, 0.3) is 0 Å². The summed E-state index contributed by atoms with van der Waals surface area (Å²) in [4.78, 5) is 0. The highest BCUT2D eigenvalue weighted by Crippen LogP contribution is 2.20. The Labute approximate surface area is 83.6 Å². The molecule has 3 heteroatoms. The van der Waals surface area contributed by atoms with Gasteiger partial charge < -0.3 is 10.8 Å². The lowest BCUT2D eigenvalue weighted by Crippen LogP contribution is -2.33. The molecule has 0 saturated carbocycles. The fraction of sp³-hybridized carbons (Fsp3) is 0.455. The van der Waals surface area contributed by atoms with Crippen LogP contribution in [0.3, 0.4) is 0 Å². The molecule has 0 amide bonds. The fourth-order valence-corrected chi connectivity index (χ4v) is 1.29. The zero-order chi connectivity index (χ0) is 10.6. The topological polar surface area (TPSA) is 46.2 Å². The Morgan fingerprint density at radius 1 is 1.36 bits per heavy atom. The van der Waals surface area contributed by atoms with Gasteiger partial charge in [-0.3, -0.25) is 0 Å². The monoisotopic (exact) mass is 197 g/mol. The summed E-state index contributed by atoms with van der Waals surface area (Å²) < 4.78 is 12.6. The summed E-state index contributed by atoms with van der Waals surface area (Å²) in [6.45, 7) is 2.37. The van der Waals surface area contributed by atoms with Crippen LogP contribution in [0.5, 0.6) is 0 Å². The lowest BCUT2D eigenvalue weighted by Gasteiger charge is -2.25. The smallest absolute Gasteiger partial charge is 0.123 e. The molecule has 14 heavy (non-hydrogen) atoms. The van der Waals surface area contributed by atoms with E-state index in [0.29, 0.717) is 13.0 Å². The van der Waals surface area contributed by atoms with E-state index in [4.69, 9.17) is 10.8 Å². The third-order valence-electron chi connectivity index (χ3n) is 2.42. The van der Waals surface area contributed by atoms with Gasteiger partial charge in [0.05, 0.1) is 0 Å². The standard InChI is InChI=1S/C11H16FNO/c1-11(7-13,8-14)6-9-2-4-10(12)5-3-9/h2-5,14H,6-8,13H2,1H3. The van der Waals surface area contributed by atoms with Gasteiger partial charge in [0.2, 0.25) is 0 Å². The van der Waals surface area contributed by atoms with Crippen LogP contribution in [-0.2, 0) is 6.42 Å². The van der Waals surface area contributed by atoms with Crippen molar-refractivity contribution < 1.29 is 9.50 Å². The molecule has 1 unspecified atom stereocenters. The molecule has 3 N–H and O–H groups in total. The van der Waals surface area contributed by atoms with Gasteiger partial charge in [0, 0.05) is 18.6 Å². The molecule has 0 saturated heterocycles. The summed E-state index contributed by atoms with van der Waals surface area (Å²) >= 11 is 0. The van der Waals surface area contributed by atoms with Gasteiger partial charge in [-0.15, -0.1) is 0 Å². The molecule has 0 aliphatic rings. The minimum absolute atomic E-state index is 0.0425. The van der Waals surface area contributed by atoms with Crippen LogP contribution in [0.1, 0.15) is 12.5 Å². The van der Waals surface area contributed by atoms with Crippen molar-refractivity contribution in [1.29, 1.82) is 0 Å². The van der Waals surface area contributed by atoms with Crippen molar-refractivity contribution >= 4 is 0 Å². The van der Waals surface area contributed by atoms with E-state index in [2.05, 4.69) is 0 Å². The SMILES string of the molecule is CC(CN)(CO)Cc1ccc(F)cc1. The first-order valence-electron chi connectivity index (χ1n) is 4.65. The number of halogens is 1. The van der Waals surface area contributed by atoms with Crippen LogP contribution >= 0.6 is 0 Å². The molecule has 0 fully saturated rings. The van der Waals surface area contributed by atoms with E-state index in [-0.39, 0.29) is 17.8 Å². The average molecular weight is 197 g/mol. The lowest BCUT2D eigenvalue weighted by atomic mass is 9.84. The molecule has 0 heterocycles. The molecular formula is C11H16FNO. The van der Waals surface area contributed by atoms with E-state index >= 15 is 0 Å². The number of aliphatic hydroxyl groups excluding tert-OH is 1. The van der Waals surface area contributed by atoms with Gasteiger partial charge in [0.15, 0.2) is 0 Å². The molecule has 0 bridgehead atoms. The van der Waals surface area contributed by atoms with Gasteiger partial charge in [-0.2, -0.15) is 0 Å². The molecule has 1 aromatic rings. The quantitative estimate of drug-likeness (QED) is 0.764. The Hall–Kier alpha value is -0.930. The lowest BCUT2D eigenvalue weighted by molar-refractivity contribution is 0.149. The van der Waals surface area contributed by atoms with Crippen molar-refractivity contribution in [2.24, 2.45) is 11.1 Å². The normalized spacial score (nSPS) is 15.1. The number of hydrogen-bond acceptors (Lipinski definition) is 2. The molecule has 0 aliphatic heterocycles. The first-order valence-corrected chi connectivity index (χ1v) is 4.65. The second-order valence-electron chi connectivity index (χ2n) is 3.98. The minimum atomic E-state index is -0.308. The van der Waals surface area contributed by atoms with E-state index in [1.807, 2.05) is 6.92 Å². The number of hydrogen-bond donors (Lipinski definition) is 2. The second kappa shape index (κ2) is 4.53. The Kier molecular flexibility index (Phi) is 3.61. The van der Waals surface area contributed by atoms with Crippen LogP contribution in [0.4, 0.5) is 4.39 Å². The molecular weight excluding hydrogens is 181 g/mol. The van der Waals surface area contributed by atoms with E-state index in [9.17, 15) is 4.39 Å². The molecule has 1 atom stereocenters. The zero-order valence-corrected chi connectivity index (χ0v) is 8.33. The third-order valence-corrected chi connectivity index (χ3v) is 2.42. The van der Waals surface area contributed by atoms with E-state index in [0.717, 1.165) is 5.56 Å². The zero-order valence-electron chi connectivity index (χ0n) is 8.33. The van der Waals surface area contributed by atoms with Gasteiger partial charge in [-0.25, -0.2) is 4.39 Å². The molecule has 2 nitrogen and oxygen atoms in total. The highest BCUT2D eigenvalue weighted by atomic mass is 19.1. The van der Waals surface area contributed by atoms with Crippen molar-refractivity contribution in [3.8, 4) is 0 Å². The number of rotatable bonds is 4. The van der Waals surface area contributed by atoms with Crippen LogP contribution in [0.15, 0.2) is 24.3 Å². The maximum atomic E-state index is 12.6. The van der Waals surface area contributed by atoms with Crippen molar-refractivity contribution in [2.45, 2.75) is 13.3 Å². The number of aliphatic hydroxyl groups is 1. The Morgan fingerprint density at radius 2 is 1.93 bits per heavy atom. The van der Waals surface area contributed by atoms with E-state index in [1.165, 1.54) is 12.1 Å². The van der Waals surface area contributed by atoms with Gasteiger partial charge in [0.1, 0.15) is 5.82 Å². The first-order chi connectivity index (χ1) is 6.59. The number of benzene rings is 1. The summed E-state index contributed by atoms with van der Waals surface area (Å²) in [7, 11) is 0. The van der Waals surface area contributed by atoms with Crippen molar-refractivity contribution in [2.75, 3.05) is 13.2 Å². The second-order valence-corrected chi connectivity index (χ2v) is 3.98. The molecule has 0 spiro atoms. The summed E-state index contributed by atoms with van der Waals surface area (Å²) in [5, 5.41) is 9.15. The highest BCUT2D eigenvalue weighted by molar-refractivity contribution is 5.17. The van der Waals surface area contributed by atoms with Gasteiger partial charge in [-0.05, 0) is 24.1 Å². The van der Waals surface area contributed by atoms with Crippen molar-refractivity contribution in [1.82, 2.24) is 0 Å². The fourth-order valence-electron chi connectivity index (χ4n) is 1.29. The first kappa shape index (κ1) is 11.1. The molecule has 1 aromatic carbocycles. The predicted molar refractivity (Wildman–Crippen MR) is 54.4 cm³/mol.